The van der Waals surface area contributed by atoms with Crippen LogP contribution in [0.5, 0.6) is 5.75 Å². The molecule has 0 bridgehead atoms. The summed E-state index contributed by atoms with van der Waals surface area (Å²) in [5.41, 5.74) is 2.53. The third kappa shape index (κ3) is 4.17. The molecule has 0 aliphatic carbocycles. The van der Waals surface area contributed by atoms with E-state index in [4.69, 9.17) is 4.74 Å². The summed E-state index contributed by atoms with van der Waals surface area (Å²) in [5, 5.41) is 3.20. The molecule has 1 aromatic carbocycles. The number of rotatable bonds is 5. The van der Waals surface area contributed by atoms with Gasteiger partial charge in [-0.3, -0.25) is 0 Å². The average molecular weight is 298 g/mol. The van der Waals surface area contributed by atoms with Gasteiger partial charge in [0.25, 0.3) is 0 Å². The van der Waals surface area contributed by atoms with Gasteiger partial charge in [-0.2, -0.15) is 0 Å². The molecule has 0 aliphatic heterocycles. The summed E-state index contributed by atoms with van der Waals surface area (Å²) in [7, 11) is 3.66. The van der Waals surface area contributed by atoms with E-state index in [2.05, 4.69) is 41.2 Å². The van der Waals surface area contributed by atoms with Crippen molar-refractivity contribution in [1.82, 2.24) is 5.32 Å². The van der Waals surface area contributed by atoms with Gasteiger partial charge in [-0.15, -0.1) is 0 Å². The van der Waals surface area contributed by atoms with Crippen molar-refractivity contribution in [2.75, 3.05) is 20.7 Å². The van der Waals surface area contributed by atoms with Gasteiger partial charge in [0.2, 0.25) is 0 Å². The van der Waals surface area contributed by atoms with E-state index >= 15 is 0 Å². The molecule has 0 amide bonds. The summed E-state index contributed by atoms with van der Waals surface area (Å²) in [4.78, 5) is 0. The van der Waals surface area contributed by atoms with E-state index in [1.165, 1.54) is 5.57 Å². The lowest BCUT2D eigenvalue weighted by molar-refractivity contribution is 0.414. The van der Waals surface area contributed by atoms with Crippen LogP contribution in [0.1, 0.15) is 19.4 Å². The third-order valence-corrected chi connectivity index (χ3v) is 3.39. The van der Waals surface area contributed by atoms with Crippen molar-refractivity contribution in [3.05, 3.63) is 33.8 Å². The highest BCUT2D eigenvalue weighted by molar-refractivity contribution is 9.10. The number of methoxy groups -OCH3 is 1. The van der Waals surface area contributed by atoms with E-state index in [9.17, 15) is 0 Å². The number of ether oxygens (including phenoxy) is 1. The molecule has 3 heteroatoms. The summed E-state index contributed by atoms with van der Waals surface area (Å²) in [6.45, 7) is 5.32. The predicted molar refractivity (Wildman–Crippen MR) is 77.4 cm³/mol. The van der Waals surface area contributed by atoms with Gasteiger partial charge in [-0.05, 0) is 36.7 Å². The fraction of sp³-hybridized carbons (Fsp3) is 0.429. The van der Waals surface area contributed by atoms with Gasteiger partial charge in [0.1, 0.15) is 5.75 Å². The van der Waals surface area contributed by atoms with Crippen molar-refractivity contribution < 1.29 is 4.74 Å². The first-order chi connectivity index (χ1) is 8.08. The maximum atomic E-state index is 5.25. The van der Waals surface area contributed by atoms with Crippen molar-refractivity contribution in [3.63, 3.8) is 0 Å². The van der Waals surface area contributed by atoms with Crippen LogP contribution in [0.3, 0.4) is 0 Å². The molecule has 17 heavy (non-hydrogen) atoms. The number of halogens is 1. The zero-order valence-corrected chi connectivity index (χ0v) is 12.5. The first-order valence-electron chi connectivity index (χ1n) is 5.77. The van der Waals surface area contributed by atoms with Gasteiger partial charge in [-0.1, -0.05) is 41.4 Å². The highest BCUT2D eigenvalue weighted by Crippen LogP contribution is 2.26. The van der Waals surface area contributed by atoms with E-state index in [1.54, 1.807) is 7.11 Å². The molecule has 0 aromatic heterocycles. The summed E-state index contributed by atoms with van der Waals surface area (Å²) < 4.78 is 6.34. The molecule has 0 radical (unpaired) electrons. The molecular formula is C14H20BrNO. The molecular weight excluding hydrogens is 278 g/mol. The highest BCUT2D eigenvalue weighted by Gasteiger charge is 2.05. The van der Waals surface area contributed by atoms with Gasteiger partial charge in [0.05, 0.1) is 7.11 Å². The Labute approximate surface area is 112 Å². The SMILES string of the molecule is CNC/C(=C/c1cc(OC)ccc1Br)C(C)C. The number of hydrogen-bond donors (Lipinski definition) is 1. The fourth-order valence-electron chi connectivity index (χ4n) is 1.59. The largest absolute Gasteiger partial charge is 0.497 e. The van der Waals surface area contributed by atoms with Crippen LogP contribution in [-0.2, 0) is 0 Å². The molecule has 1 rings (SSSR count). The van der Waals surface area contributed by atoms with Crippen LogP contribution in [0, 0.1) is 5.92 Å². The molecule has 0 saturated heterocycles. The van der Waals surface area contributed by atoms with Crippen molar-refractivity contribution in [2.45, 2.75) is 13.8 Å². The topological polar surface area (TPSA) is 21.3 Å². The minimum atomic E-state index is 0.528. The number of nitrogens with one attached hydrogen (secondary N) is 1. The van der Waals surface area contributed by atoms with E-state index in [0.717, 1.165) is 22.3 Å². The Bertz CT molecular complexity index is 399. The van der Waals surface area contributed by atoms with Crippen molar-refractivity contribution in [3.8, 4) is 5.75 Å². The van der Waals surface area contributed by atoms with Gasteiger partial charge in [0, 0.05) is 11.0 Å². The van der Waals surface area contributed by atoms with Gasteiger partial charge < -0.3 is 10.1 Å². The van der Waals surface area contributed by atoms with Gasteiger partial charge >= 0.3 is 0 Å². The van der Waals surface area contributed by atoms with Crippen LogP contribution in [-0.4, -0.2) is 20.7 Å². The van der Waals surface area contributed by atoms with E-state index in [1.807, 2.05) is 25.2 Å². The average Bonchev–Trinajstić information content (AvgIpc) is 2.31. The molecule has 0 unspecified atom stereocenters. The van der Waals surface area contributed by atoms with Crippen LogP contribution in [0.2, 0.25) is 0 Å². The summed E-state index contributed by atoms with van der Waals surface area (Å²) in [6.07, 6.45) is 2.22. The van der Waals surface area contributed by atoms with Crippen LogP contribution >= 0.6 is 15.9 Å². The Morgan fingerprint density at radius 2 is 2.18 bits per heavy atom. The molecule has 0 fully saturated rings. The minimum absolute atomic E-state index is 0.528. The Balaban J connectivity index is 3.08. The Kier molecular flexibility index (Phi) is 5.72. The Morgan fingerprint density at radius 1 is 1.47 bits per heavy atom. The molecule has 0 heterocycles. The van der Waals surface area contributed by atoms with Crippen LogP contribution in [0.15, 0.2) is 28.2 Å². The zero-order valence-electron chi connectivity index (χ0n) is 10.9. The smallest absolute Gasteiger partial charge is 0.119 e. The van der Waals surface area contributed by atoms with E-state index in [-0.39, 0.29) is 0 Å². The fourth-order valence-corrected chi connectivity index (χ4v) is 1.95. The second kappa shape index (κ2) is 6.82. The van der Waals surface area contributed by atoms with Crippen LogP contribution < -0.4 is 10.1 Å². The van der Waals surface area contributed by atoms with Crippen LogP contribution in [0.25, 0.3) is 6.08 Å². The molecule has 0 spiro atoms. The third-order valence-electron chi connectivity index (χ3n) is 2.67. The van der Waals surface area contributed by atoms with Crippen molar-refractivity contribution >= 4 is 22.0 Å². The molecule has 94 valence electrons. The maximum absolute atomic E-state index is 5.25. The number of likely N-dealkylation sites (N-methyl/N-ethyl adjacent to an activating group) is 1. The van der Waals surface area contributed by atoms with Crippen LogP contribution in [0.4, 0.5) is 0 Å². The number of benzene rings is 1. The summed E-state index contributed by atoms with van der Waals surface area (Å²) in [5.74, 6) is 1.41. The molecule has 1 N–H and O–H groups in total. The second-order valence-electron chi connectivity index (χ2n) is 4.29. The van der Waals surface area contributed by atoms with Crippen molar-refractivity contribution in [1.29, 1.82) is 0 Å². The summed E-state index contributed by atoms with van der Waals surface area (Å²) in [6, 6.07) is 6.01. The lowest BCUT2D eigenvalue weighted by Crippen LogP contribution is -2.13. The minimum Gasteiger partial charge on any atom is -0.497 e. The molecule has 2 nitrogen and oxygen atoms in total. The molecule has 1 aromatic rings. The molecule has 0 aliphatic rings. The van der Waals surface area contributed by atoms with Gasteiger partial charge in [-0.25, -0.2) is 0 Å². The van der Waals surface area contributed by atoms with E-state index < -0.39 is 0 Å². The first kappa shape index (κ1) is 14.3. The Morgan fingerprint density at radius 3 is 2.71 bits per heavy atom. The molecule has 0 saturated carbocycles. The maximum Gasteiger partial charge on any atom is 0.119 e. The predicted octanol–water partition coefficient (Wildman–Crippen LogP) is 3.72. The molecule has 0 atom stereocenters. The summed E-state index contributed by atoms with van der Waals surface area (Å²) >= 11 is 3.57. The van der Waals surface area contributed by atoms with Crippen molar-refractivity contribution in [2.24, 2.45) is 5.92 Å². The monoisotopic (exact) mass is 297 g/mol. The second-order valence-corrected chi connectivity index (χ2v) is 5.15. The quantitative estimate of drug-likeness (QED) is 0.894. The normalized spacial score (nSPS) is 12.0. The highest BCUT2D eigenvalue weighted by atomic mass is 79.9. The van der Waals surface area contributed by atoms with Gasteiger partial charge in [0.15, 0.2) is 0 Å². The standard InChI is InChI=1S/C14H20BrNO/c1-10(2)12(9-16-3)7-11-8-13(17-4)5-6-14(11)15/h5-8,10,16H,9H2,1-4H3/b12-7-. The zero-order chi connectivity index (χ0) is 12.8. The van der Waals surface area contributed by atoms with E-state index in [0.29, 0.717) is 5.92 Å². The Hall–Kier alpha value is -0.800. The first-order valence-corrected chi connectivity index (χ1v) is 6.56. The lowest BCUT2D eigenvalue weighted by Gasteiger charge is -2.12. The number of hydrogen-bond acceptors (Lipinski definition) is 2. The lowest BCUT2D eigenvalue weighted by atomic mass is 10.0.